The van der Waals surface area contributed by atoms with Crippen molar-refractivity contribution in [3.63, 3.8) is 0 Å². The number of benzene rings is 5. The van der Waals surface area contributed by atoms with Crippen molar-refractivity contribution in [1.82, 2.24) is 0 Å². The number of Topliss-reactive ketones (excluding diaryl/α,β-unsaturated/α-hetero) is 4. The molecule has 0 aliphatic heterocycles. The Bertz CT molecular complexity index is 1640. The minimum Gasteiger partial charge on any atom is -0.293 e. The number of hydrogen-bond acceptors (Lipinski definition) is 4. The molecule has 40 heavy (non-hydrogen) atoms. The molecule has 2 aliphatic carbocycles. The summed E-state index contributed by atoms with van der Waals surface area (Å²) in [6.07, 6.45) is 0. The molecule has 0 fully saturated rings. The van der Waals surface area contributed by atoms with Crippen molar-refractivity contribution in [1.29, 1.82) is 0 Å². The largest absolute Gasteiger partial charge is 0.293 e. The lowest BCUT2D eigenvalue weighted by atomic mass is 9.83. The zero-order chi connectivity index (χ0) is 27.4. The van der Waals surface area contributed by atoms with E-state index in [9.17, 15) is 19.2 Å². The van der Waals surface area contributed by atoms with Crippen LogP contribution in [0.1, 0.15) is 64.4 Å². The maximum atomic E-state index is 14.3. The SMILES string of the molecule is O=C1c2c(c(-c3ccccc3)c3c(c2-c2ccccc2)C(=O)C(c2ccccc2)C3=O)C(=O)C1c1ccccc1. The Kier molecular flexibility index (Phi) is 5.49. The summed E-state index contributed by atoms with van der Waals surface area (Å²) >= 11 is 0. The smallest absolute Gasteiger partial charge is 0.179 e. The molecule has 5 aromatic carbocycles. The van der Waals surface area contributed by atoms with Crippen LogP contribution in [0.5, 0.6) is 0 Å². The van der Waals surface area contributed by atoms with E-state index in [0.717, 1.165) is 0 Å². The Labute approximate surface area is 230 Å². The summed E-state index contributed by atoms with van der Waals surface area (Å²) in [6.45, 7) is 0. The van der Waals surface area contributed by atoms with E-state index in [0.29, 0.717) is 33.4 Å². The molecular weight excluding hydrogens is 496 g/mol. The van der Waals surface area contributed by atoms with Gasteiger partial charge in [-0.2, -0.15) is 0 Å². The summed E-state index contributed by atoms with van der Waals surface area (Å²) in [5.74, 6) is -3.50. The van der Waals surface area contributed by atoms with Crippen molar-refractivity contribution in [2.75, 3.05) is 0 Å². The van der Waals surface area contributed by atoms with E-state index in [1.54, 1.807) is 48.5 Å². The number of carbonyl (C=O) groups excluding carboxylic acids is 4. The van der Waals surface area contributed by atoms with Crippen LogP contribution < -0.4 is 0 Å². The summed E-state index contributed by atoms with van der Waals surface area (Å²) in [5.41, 5.74) is 4.06. The van der Waals surface area contributed by atoms with Crippen molar-refractivity contribution < 1.29 is 19.2 Å². The van der Waals surface area contributed by atoms with Gasteiger partial charge in [-0.25, -0.2) is 0 Å². The summed E-state index contributed by atoms with van der Waals surface area (Å²) in [4.78, 5) is 57.2. The third-order valence-electron chi connectivity index (χ3n) is 7.93. The van der Waals surface area contributed by atoms with Crippen LogP contribution in [-0.4, -0.2) is 23.1 Å². The molecule has 190 valence electrons. The monoisotopic (exact) mass is 518 g/mol. The first-order valence-electron chi connectivity index (χ1n) is 13.2. The zero-order valence-electron chi connectivity index (χ0n) is 21.3. The third kappa shape index (κ3) is 3.39. The van der Waals surface area contributed by atoms with Crippen molar-refractivity contribution in [2.45, 2.75) is 11.8 Å². The molecule has 0 bridgehead atoms. The van der Waals surface area contributed by atoms with Gasteiger partial charge in [-0.05, 0) is 22.3 Å². The van der Waals surface area contributed by atoms with Crippen LogP contribution in [0, 0.1) is 0 Å². The highest BCUT2D eigenvalue weighted by atomic mass is 16.2. The molecule has 0 aromatic heterocycles. The first-order valence-corrected chi connectivity index (χ1v) is 13.2. The van der Waals surface area contributed by atoms with E-state index in [4.69, 9.17) is 0 Å². The molecule has 0 unspecified atom stereocenters. The quantitative estimate of drug-likeness (QED) is 0.233. The second kappa shape index (κ2) is 9.21. The van der Waals surface area contributed by atoms with Crippen molar-refractivity contribution in [2.24, 2.45) is 0 Å². The van der Waals surface area contributed by atoms with Crippen LogP contribution in [0.15, 0.2) is 121 Å². The number of rotatable bonds is 4. The first-order chi connectivity index (χ1) is 19.6. The van der Waals surface area contributed by atoms with Crippen LogP contribution in [0.3, 0.4) is 0 Å². The van der Waals surface area contributed by atoms with Crippen LogP contribution >= 0.6 is 0 Å². The van der Waals surface area contributed by atoms with Gasteiger partial charge in [0.05, 0.1) is 0 Å². The standard InChI is InChI=1S/C36H22O4/c37-33-27(23-17-9-3-10-18-23)35(39)31-26(22-15-7-2-8-16-22)32-30(25(29(31)33)21-13-5-1-6-14-21)34(38)28(36(32)40)24-19-11-4-12-20-24/h1-20,27-28H. The predicted octanol–water partition coefficient (Wildman–Crippen LogP) is 7.35. The summed E-state index contributed by atoms with van der Waals surface area (Å²) in [7, 11) is 0. The molecule has 0 radical (unpaired) electrons. The van der Waals surface area contributed by atoms with Gasteiger partial charge in [0.2, 0.25) is 0 Å². The fourth-order valence-corrected chi connectivity index (χ4v) is 6.23. The minimum atomic E-state index is -1.04. The maximum absolute atomic E-state index is 14.3. The Balaban J connectivity index is 1.62. The molecule has 0 atom stereocenters. The normalized spacial score (nSPS) is 15.0. The Morgan fingerprint density at radius 2 is 0.550 bits per heavy atom. The topological polar surface area (TPSA) is 68.3 Å². The Morgan fingerprint density at radius 3 is 0.825 bits per heavy atom. The van der Waals surface area contributed by atoms with E-state index in [-0.39, 0.29) is 45.4 Å². The summed E-state index contributed by atoms with van der Waals surface area (Å²) in [6, 6.07) is 36.2. The zero-order valence-corrected chi connectivity index (χ0v) is 21.3. The lowest BCUT2D eigenvalue weighted by molar-refractivity contribution is 0.0878. The first kappa shape index (κ1) is 23.9. The number of carbonyl (C=O) groups is 4. The van der Waals surface area contributed by atoms with Gasteiger partial charge < -0.3 is 0 Å². The molecule has 0 N–H and O–H groups in total. The molecule has 7 rings (SSSR count). The van der Waals surface area contributed by atoms with E-state index in [1.807, 2.05) is 72.8 Å². The van der Waals surface area contributed by atoms with Gasteiger partial charge >= 0.3 is 0 Å². The lowest BCUT2D eigenvalue weighted by Crippen LogP contribution is -2.14. The summed E-state index contributed by atoms with van der Waals surface area (Å²) < 4.78 is 0. The molecule has 5 aromatic rings. The highest BCUT2D eigenvalue weighted by molar-refractivity contribution is 6.41. The second-order valence-electron chi connectivity index (χ2n) is 10.1. The highest BCUT2D eigenvalue weighted by Gasteiger charge is 2.51. The minimum absolute atomic E-state index is 0.220. The van der Waals surface area contributed by atoms with Gasteiger partial charge in [-0.1, -0.05) is 121 Å². The maximum Gasteiger partial charge on any atom is 0.179 e. The predicted molar refractivity (Wildman–Crippen MR) is 153 cm³/mol. The molecule has 0 heterocycles. The lowest BCUT2D eigenvalue weighted by Gasteiger charge is -2.18. The van der Waals surface area contributed by atoms with E-state index in [2.05, 4.69) is 0 Å². The molecule has 0 amide bonds. The fraction of sp³-hybridized carbons (Fsp3) is 0.0556. The van der Waals surface area contributed by atoms with Crippen LogP contribution in [0.4, 0.5) is 0 Å². The third-order valence-corrected chi connectivity index (χ3v) is 7.93. The number of ketones is 4. The van der Waals surface area contributed by atoms with E-state index >= 15 is 0 Å². The van der Waals surface area contributed by atoms with Crippen molar-refractivity contribution in [3.8, 4) is 22.3 Å². The van der Waals surface area contributed by atoms with Crippen LogP contribution in [0.2, 0.25) is 0 Å². The molecular formula is C36H22O4. The van der Waals surface area contributed by atoms with E-state index < -0.39 is 11.8 Å². The average Bonchev–Trinajstić information content (AvgIpc) is 3.42. The van der Waals surface area contributed by atoms with Gasteiger partial charge in [0, 0.05) is 33.4 Å². The van der Waals surface area contributed by atoms with Gasteiger partial charge in [-0.3, -0.25) is 19.2 Å². The number of hydrogen-bond donors (Lipinski definition) is 0. The van der Waals surface area contributed by atoms with Gasteiger partial charge in [0.15, 0.2) is 23.1 Å². The van der Waals surface area contributed by atoms with Gasteiger partial charge in [0.25, 0.3) is 0 Å². The van der Waals surface area contributed by atoms with Crippen LogP contribution in [-0.2, 0) is 0 Å². The second-order valence-corrected chi connectivity index (χ2v) is 10.1. The molecule has 4 heteroatoms. The van der Waals surface area contributed by atoms with Crippen molar-refractivity contribution in [3.05, 3.63) is 155 Å². The Hall–Kier alpha value is -5.22. The molecule has 0 spiro atoms. The van der Waals surface area contributed by atoms with E-state index in [1.165, 1.54) is 0 Å². The molecule has 0 saturated carbocycles. The molecule has 0 saturated heterocycles. The molecule has 2 aliphatic rings. The highest BCUT2D eigenvalue weighted by Crippen LogP contribution is 2.52. The van der Waals surface area contributed by atoms with Gasteiger partial charge in [0.1, 0.15) is 11.8 Å². The van der Waals surface area contributed by atoms with Crippen LogP contribution in [0.25, 0.3) is 22.3 Å². The number of fused-ring (bicyclic) bond motifs is 2. The fourth-order valence-electron chi connectivity index (χ4n) is 6.23. The van der Waals surface area contributed by atoms with Gasteiger partial charge in [-0.15, -0.1) is 0 Å². The van der Waals surface area contributed by atoms with Crippen molar-refractivity contribution >= 4 is 23.1 Å². The summed E-state index contributed by atoms with van der Waals surface area (Å²) in [5, 5.41) is 0. The average molecular weight is 519 g/mol. The Morgan fingerprint density at radius 1 is 0.300 bits per heavy atom. The molecule has 4 nitrogen and oxygen atoms in total.